The van der Waals surface area contributed by atoms with E-state index in [1.165, 1.54) is 5.01 Å². The molecule has 0 N–H and O–H groups in total. The molecular weight excluding hydrogens is 596 g/mol. The molecule has 4 aliphatic rings. The van der Waals surface area contributed by atoms with Crippen LogP contribution in [0.4, 0.5) is 5.69 Å². The van der Waals surface area contributed by atoms with E-state index < -0.39 is 23.9 Å². The summed E-state index contributed by atoms with van der Waals surface area (Å²) in [6, 6.07) is 24.8. The number of rotatable bonds is 5. The van der Waals surface area contributed by atoms with Crippen LogP contribution < -0.4 is 4.90 Å². The normalized spacial score (nSPS) is 25.7. The lowest BCUT2D eigenvalue weighted by Crippen LogP contribution is -2.45. The number of nitrogens with zero attached hydrogens (tertiary/aromatic N) is 6. The van der Waals surface area contributed by atoms with Gasteiger partial charge in [0.2, 0.25) is 0 Å². The van der Waals surface area contributed by atoms with Crippen LogP contribution >= 0.6 is 15.9 Å². The fourth-order valence-electron chi connectivity index (χ4n) is 6.38. The summed E-state index contributed by atoms with van der Waals surface area (Å²) in [7, 11) is 0. The number of carbonyl (C=O) groups excluding carboxylic acids is 3. The van der Waals surface area contributed by atoms with Crippen molar-refractivity contribution in [1.29, 1.82) is 0 Å². The molecule has 4 atom stereocenters. The molecule has 3 aromatic carbocycles. The fourth-order valence-corrected chi connectivity index (χ4v) is 6.76. The predicted octanol–water partition coefficient (Wildman–Crippen LogP) is 5.57. The minimum atomic E-state index is -0.984. The SMILES string of the molecule is O=C1[C@@H]2[C@@H](N=NN2CC(=O)N2N=C3/C(=C\c4ccccc4)CCC[C@@H]3[C@@H]2c2ccccc2)C(=O)N1c1cccc(Br)c1. The topological polar surface area (TPSA) is 98.0 Å². The highest BCUT2D eigenvalue weighted by atomic mass is 79.9. The van der Waals surface area contributed by atoms with Gasteiger partial charge in [0.1, 0.15) is 6.54 Å². The molecule has 3 aliphatic heterocycles. The molecule has 0 spiro atoms. The zero-order valence-corrected chi connectivity index (χ0v) is 24.2. The quantitative estimate of drug-likeness (QED) is 0.348. The van der Waals surface area contributed by atoms with E-state index >= 15 is 0 Å². The lowest BCUT2D eigenvalue weighted by atomic mass is 9.77. The van der Waals surface area contributed by atoms with Gasteiger partial charge in [-0.15, -0.1) is 0 Å². The number of hydrazone groups is 1. The van der Waals surface area contributed by atoms with Crippen LogP contribution in [-0.2, 0) is 14.4 Å². The number of amides is 3. The Labute approximate surface area is 251 Å². The zero-order valence-electron chi connectivity index (χ0n) is 22.6. The summed E-state index contributed by atoms with van der Waals surface area (Å²) in [5.41, 5.74) is 4.62. The second kappa shape index (κ2) is 10.8. The van der Waals surface area contributed by atoms with Crippen molar-refractivity contribution in [2.45, 2.75) is 37.4 Å². The van der Waals surface area contributed by atoms with Crippen LogP contribution in [0.15, 0.2) is 110 Å². The Morgan fingerprint density at radius 1 is 0.929 bits per heavy atom. The number of imide groups is 1. The summed E-state index contributed by atoms with van der Waals surface area (Å²) in [6.45, 7) is -0.222. The summed E-state index contributed by atoms with van der Waals surface area (Å²) >= 11 is 3.40. The highest BCUT2D eigenvalue weighted by molar-refractivity contribution is 9.10. The van der Waals surface area contributed by atoms with Crippen LogP contribution in [0.5, 0.6) is 0 Å². The van der Waals surface area contributed by atoms with Crippen molar-refractivity contribution >= 4 is 51.1 Å². The van der Waals surface area contributed by atoms with E-state index in [0.29, 0.717) is 5.69 Å². The summed E-state index contributed by atoms with van der Waals surface area (Å²) in [6.07, 6.45) is 4.97. The molecule has 1 saturated carbocycles. The lowest BCUT2D eigenvalue weighted by molar-refractivity contribution is -0.136. The molecule has 210 valence electrons. The van der Waals surface area contributed by atoms with Gasteiger partial charge in [-0.2, -0.15) is 10.2 Å². The number of hydrogen-bond donors (Lipinski definition) is 0. The smallest absolute Gasteiger partial charge is 0.264 e. The van der Waals surface area contributed by atoms with Crippen LogP contribution in [0.3, 0.4) is 0 Å². The Morgan fingerprint density at radius 3 is 2.45 bits per heavy atom. The van der Waals surface area contributed by atoms with Crippen molar-refractivity contribution in [2.24, 2.45) is 21.4 Å². The average Bonchev–Trinajstić information content (AvgIpc) is 3.67. The Balaban J connectivity index is 1.18. The second-order valence-corrected chi connectivity index (χ2v) is 11.8. The minimum Gasteiger partial charge on any atom is -0.271 e. The number of benzene rings is 3. The fraction of sp³-hybridized carbons (Fsp3) is 0.250. The number of anilines is 1. The van der Waals surface area contributed by atoms with E-state index in [0.717, 1.165) is 51.0 Å². The summed E-state index contributed by atoms with van der Waals surface area (Å²) in [4.78, 5) is 41.8. The average molecular weight is 624 g/mol. The molecule has 0 unspecified atom stereocenters. The van der Waals surface area contributed by atoms with Crippen LogP contribution in [0.2, 0.25) is 0 Å². The molecule has 3 amide bonds. The van der Waals surface area contributed by atoms with Gasteiger partial charge in [0.05, 0.1) is 17.4 Å². The van der Waals surface area contributed by atoms with Crippen molar-refractivity contribution < 1.29 is 14.4 Å². The van der Waals surface area contributed by atoms with E-state index in [2.05, 4.69) is 44.5 Å². The van der Waals surface area contributed by atoms with Gasteiger partial charge in [-0.3, -0.25) is 19.4 Å². The van der Waals surface area contributed by atoms with E-state index in [1.807, 2.05) is 54.6 Å². The van der Waals surface area contributed by atoms with E-state index in [9.17, 15) is 14.4 Å². The largest absolute Gasteiger partial charge is 0.271 e. The summed E-state index contributed by atoms with van der Waals surface area (Å²) in [5, 5.41) is 16.1. The number of hydrogen-bond acceptors (Lipinski definition) is 7. The summed E-state index contributed by atoms with van der Waals surface area (Å²) < 4.78 is 0.744. The Hall–Kier alpha value is -4.44. The van der Waals surface area contributed by atoms with Gasteiger partial charge in [-0.1, -0.05) is 87.9 Å². The van der Waals surface area contributed by atoms with Crippen LogP contribution in [-0.4, -0.2) is 52.1 Å². The van der Waals surface area contributed by atoms with Crippen molar-refractivity contribution in [1.82, 2.24) is 10.0 Å². The van der Waals surface area contributed by atoms with Gasteiger partial charge in [0.25, 0.3) is 17.7 Å². The molecule has 42 heavy (non-hydrogen) atoms. The third-order valence-electron chi connectivity index (χ3n) is 8.26. The minimum absolute atomic E-state index is 0.0507. The van der Waals surface area contributed by atoms with Gasteiger partial charge in [-0.25, -0.2) is 9.91 Å². The molecule has 1 aliphatic carbocycles. The maximum Gasteiger partial charge on any atom is 0.264 e. The Morgan fingerprint density at radius 2 is 1.69 bits per heavy atom. The van der Waals surface area contributed by atoms with Gasteiger partial charge in [0.15, 0.2) is 12.1 Å². The van der Waals surface area contributed by atoms with E-state index in [1.54, 1.807) is 23.2 Å². The molecular formula is C32H27BrN6O3. The second-order valence-electron chi connectivity index (χ2n) is 10.8. The third kappa shape index (κ3) is 4.56. The van der Waals surface area contributed by atoms with Crippen LogP contribution in [0, 0.1) is 5.92 Å². The van der Waals surface area contributed by atoms with Crippen LogP contribution in [0.1, 0.15) is 36.4 Å². The molecule has 1 saturated heterocycles. The molecule has 0 radical (unpaired) electrons. The van der Waals surface area contributed by atoms with Crippen molar-refractivity contribution in [3.8, 4) is 0 Å². The maximum absolute atomic E-state index is 14.0. The highest BCUT2D eigenvalue weighted by Gasteiger charge is 2.55. The number of allylic oxidation sites excluding steroid dienone is 1. The molecule has 0 aromatic heterocycles. The monoisotopic (exact) mass is 622 g/mol. The number of fused-ring (bicyclic) bond motifs is 2. The highest BCUT2D eigenvalue weighted by Crippen LogP contribution is 2.44. The maximum atomic E-state index is 14.0. The predicted molar refractivity (Wildman–Crippen MR) is 161 cm³/mol. The Kier molecular flexibility index (Phi) is 6.78. The van der Waals surface area contributed by atoms with Crippen molar-refractivity contribution in [2.75, 3.05) is 11.4 Å². The van der Waals surface area contributed by atoms with Crippen LogP contribution in [0.25, 0.3) is 6.08 Å². The molecule has 2 fully saturated rings. The van der Waals surface area contributed by atoms with Gasteiger partial charge >= 0.3 is 0 Å². The summed E-state index contributed by atoms with van der Waals surface area (Å²) in [5.74, 6) is -1.15. The van der Waals surface area contributed by atoms with Crippen molar-refractivity contribution in [3.05, 3.63) is 106 Å². The number of carbonyl (C=O) groups is 3. The first-order chi connectivity index (χ1) is 20.5. The molecule has 10 heteroatoms. The standard InChI is InChI=1S/C32H27BrN6O3/c33-23-14-8-15-24(18-23)38-31(41)28-30(32(38)42)37(36-34-28)19-26(40)39-29(21-11-5-2-6-12-21)25-16-7-13-22(27(25)35-39)17-20-9-3-1-4-10-20/h1-6,8-12,14-15,17-18,25,28-30H,7,13,16,19H2/b22-17-/t25-,28+,29-,30-/m0/s1. The Bertz CT molecular complexity index is 1660. The molecule has 0 bridgehead atoms. The van der Waals surface area contributed by atoms with Gasteiger partial charge in [0, 0.05) is 10.4 Å². The third-order valence-corrected chi connectivity index (χ3v) is 8.75. The van der Waals surface area contributed by atoms with E-state index in [4.69, 9.17) is 5.10 Å². The molecule has 9 nitrogen and oxygen atoms in total. The lowest BCUT2D eigenvalue weighted by Gasteiger charge is -2.30. The first-order valence-corrected chi connectivity index (χ1v) is 14.8. The van der Waals surface area contributed by atoms with Gasteiger partial charge < -0.3 is 0 Å². The van der Waals surface area contributed by atoms with E-state index in [-0.39, 0.29) is 24.4 Å². The zero-order chi connectivity index (χ0) is 28.8. The molecule has 7 rings (SSSR count). The number of halogens is 1. The van der Waals surface area contributed by atoms with Gasteiger partial charge in [-0.05, 0) is 60.2 Å². The first-order valence-electron chi connectivity index (χ1n) is 14.0. The molecule has 3 heterocycles. The molecule has 3 aromatic rings. The first kappa shape index (κ1) is 26.5. The van der Waals surface area contributed by atoms with Crippen molar-refractivity contribution in [3.63, 3.8) is 0 Å².